The van der Waals surface area contributed by atoms with E-state index >= 15 is 0 Å². The van der Waals surface area contributed by atoms with Crippen LogP contribution in [-0.4, -0.2) is 19.5 Å². The normalized spacial score (nSPS) is 11.6. The topological polar surface area (TPSA) is 43.6 Å². The van der Waals surface area contributed by atoms with Gasteiger partial charge >= 0.3 is 0 Å². The van der Waals surface area contributed by atoms with Crippen LogP contribution in [0.25, 0.3) is 104 Å². The Hall–Kier alpha value is -7.21. The highest BCUT2D eigenvalue weighted by atomic mass is 32.1. The summed E-state index contributed by atoms with van der Waals surface area (Å²) in [6.45, 7) is 0. The fourth-order valence-corrected chi connectivity index (χ4v) is 8.96. The molecule has 5 heteroatoms. The molecule has 3 aromatic heterocycles. The van der Waals surface area contributed by atoms with Crippen molar-refractivity contribution in [2.24, 2.45) is 0 Å². The van der Waals surface area contributed by atoms with Crippen LogP contribution in [0.1, 0.15) is 0 Å². The molecule has 0 radical (unpaired) electrons. The fourth-order valence-electron chi connectivity index (χ4n) is 8.00. The fraction of sp³-hybridized carbons (Fsp3) is 0. The van der Waals surface area contributed by atoms with E-state index in [2.05, 4.69) is 174 Å². The summed E-state index contributed by atoms with van der Waals surface area (Å²) in [4.78, 5) is 15.2. The van der Waals surface area contributed by atoms with Crippen LogP contribution in [0.3, 0.4) is 0 Å². The third-order valence-electron chi connectivity index (χ3n) is 10.7. The lowest BCUT2D eigenvalue weighted by molar-refractivity contribution is 1.18. The Labute approximate surface area is 327 Å². The molecule has 0 saturated heterocycles. The van der Waals surface area contributed by atoms with Crippen molar-refractivity contribution in [3.05, 3.63) is 194 Å². The maximum atomic E-state index is 5.16. The number of hydrogen-bond donors (Lipinski definition) is 0. The zero-order valence-corrected chi connectivity index (χ0v) is 31.0. The van der Waals surface area contributed by atoms with Crippen molar-refractivity contribution >= 4 is 54.1 Å². The van der Waals surface area contributed by atoms with E-state index in [0.29, 0.717) is 5.82 Å². The molecule has 0 unspecified atom stereocenters. The standard InChI is InChI=1S/C51H32N4S/c1-3-13-34(14-4-1)45-32-46(53-50(52-45)35-15-5-2-6-16-35)41-30-29-38(39-17-7-8-18-40(39)41)33-23-26-37(27-24-33)55-47-21-11-9-19-42(47)43-28-25-36(31-48(43)55)51-54-44-20-10-12-22-49(44)56-51/h1-32H. The number of aromatic nitrogens is 4. The molecule has 0 saturated carbocycles. The number of hydrogen-bond acceptors (Lipinski definition) is 4. The number of fused-ring (bicyclic) bond motifs is 5. The second-order valence-electron chi connectivity index (χ2n) is 14.0. The summed E-state index contributed by atoms with van der Waals surface area (Å²) < 4.78 is 3.58. The second kappa shape index (κ2) is 13.3. The molecule has 0 amide bonds. The van der Waals surface area contributed by atoms with E-state index in [1.54, 1.807) is 11.3 Å². The first-order chi connectivity index (χ1) is 27.7. The minimum Gasteiger partial charge on any atom is -0.309 e. The van der Waals surface area contributed by atoms with Crippen LogP contribution in [0.2, 0.25) is 0 Å². The molecule has 0 atom stereocenters. The SMILES string of the molecule is c1ccc(-c2cc(-c3ccc(-c4ccc(-n5c6ccccc6c6ccc(-c7nc8ccccc8s7)cc65)cc4)c4ccccc34)nc(-c3ccccc3)n2)cc1. The van der Waals surface area contributed by atoms with Gasteiger partial charge in [0, 0.05) is 38.7 Å². The average molecular weight is 733 g/mol. The van der Waals surface area contributed by atoms with Crippen molar-refractivity contribution in [1.82, 2.24) is 19.5 Å². The van der Waals surface area contributed by atoms with Gasteiger partial charge in [-0.1, -0.05) is 152 Å². The van der Waals surface area contributed by atoms with Gasteiger partial charge < -0.3 is 4.57 Å². The number of rotatable bonds is 6. The Kier molecular flexibility index (Phi) is 7.64. The molecule has 0 fully saturated rings. The van der Waals surface area contributed by atoms with Crippen LogP contribution < -0.4 is 0 Å². The lowest BCUT2D eigenvalue weighted by atomic mass is 9.93. The molecule has 11 aromatic rings. The van der Waals surface area contributed by atoms with Crippen LogP contribution in [0, 0.1) is 0 Å². The van der Waals surface area contributed by atoms with Crippen LogP contribution >= 0.6 is 11.3 Å². The molecule has 3 heterocycles. The summed E-state index contributed by atoms with van der Waals surface area (Å²) in [5.41, 5.74) is 12.9. The van der Waals surface area contributed by atoms with Gasteiger partial charge in [0.1, 0.15) is 5.01 Å². The molecular formula is C51H32N4S. The number of thiazole rings is 1. The maximum absolute atomic E-state index is 5.16. The minimum atomic E-state index is 0.711. The van der Waals surface area contributed by atoms with Crippen molar-refractivity contribution in [1.29, 1.82) is 0 Å². The second-order valence-corrected chi connectivity index (χ2v) is 15.0. The molecule has 11 rings (SSSR count). The molecule has 0 bridgehead atoms. The van der Waals surface area contributed by atoms with Crippen LogP contribution in [0.4, 0.5) is 0 Å². The number of para-hydroxylation sites is 2. The Bertz CT molecular complexity index is 3150. The van der Waals surface area contributed by atoms with Crippen molar-refractivity contribution < 1.29 is 0 Å². The Morgan fingerprint density at radius 2 is 0.982 bits per heavy atom. The maximum Gasteiger partial charge on any atom is 0.160 e. The summed E-state index contributed by atoms with van der Waals surface area (Å²) in [5, 5.41) is 5.82. The van der Waals surface area contributed by atoms with E-state index in [0.717, 1.165) is 60.8 Å². The molecule has 4 nitrogen and oxygen atoms in total. The van der Waals surface area contributed by atoms with E-state index < -0.39 is 0 Å². The van der Waals surface area contributed by atoms with Gasteiger partial charge in [-0.25, -0.2) is 15.0 Å². The summed E-state index contributed by atoms with van der Waals surface area (Å²) in [5.74, 6) is 0.711. The lowest BCUT2D eigenvalue weighted by Gasteiger charge is -2.14. The van der Waals surface area contributed by atoms with Crippen molar-refractivity contribution in [3.63, 3.8) is 0 Å². The highest BCUT2D eigenvalue weighted by Crippen LogP contribution is 2.40. The average Bonchev–Trinajstić information content (AvgIpc) is 3.86. The van der Waals surface area contributed by atoms with Gasteiger partial charge in [0.2, 0.25) is 0 Å². The molecule has 8 aromatic carbocycles. The van der Waals surface area contributed by atoms with E-state index in [-0.39, 0.29) is 0 Å². The molecule has 0 N–H and O–H groups in total. The van der Waals surface area contributed by atoms with Crippen LogP contribution in [0.5, 0.6) is 0 Å². The Morgan fingerprint density at radius 3 is 1.77 bits per heavy atom. The zero-order chi connectivity index (χ0) is 37.0. The number of benzene rings is 8. The number of nitrogens with zero attached hydrogens (tertiary/aromatic N) is 4. The molecular weight excluding hydrogens is 701 g/mol. The first kappa shape index (κ1) is 32.2. The van der Waals surface area contributed by atoms with Gasteiger partial charge in [0.25, 0.3) is 0 Å². The third-order valence-corrected chi connectivity index (χ3v) is 11.8. The molecule has 262 valence electrons. The first-order valence-electron chi connectivity index (χ1n) is 18.8. The summed E-state index contributed by atoms with van der Waals surface area (Å²) in [7, 11) is 0. The molecule has 0 aliphatic carbocycles. The summed E-state index contributed by atoms with van der Waals surface area (Å²) in [6, 6.07) is 68.6. The molecule has 56 heavy (non-hydrogen) atoms. The Balaban J connectivity index is 1.02. The van der Waals surface area contributed by atoms with Gasteiger partial charge in [0.15, 0.2) is 5.82 Å². The van der Waals surface area contributed by atoms with Gasteiger partial charge in [-0.15, -0.1) is 11.3 Å². The van der Waals surface area contributed by atoms with Gasteiger partial charge in [-0.3, -0.25) is 0 Å². The van der Waals surface area contributed by atoms with Crippen molar-refractivity contribution in [3.8, 4) is 61.3 Å². The highest BCUT2D eigenvalue weighted by Gasteiger charge is 2.17. The van der Waals surface area contributed by atoms with Crippen molar-refractivity contribution in [2.75, 3.05) is 0 Å². The summed E-state index contributed by atoms with van der Waals surface area (Å²) >= 11 is 1.74. The van der Waals surface area contributed by atoms with Crippen molar-refractivity contribution in [2.45, 2.75) is 0 Å². The highest BCUT2D eigenvalue weighted by molar-refractivity contribution is 7.21. The lowest BCUT2D eigenvalue weighted by Crippen LogP contribution is -1.97. The third kappa shape index (κ3) is 5.48. The van der Waals surface area contributed by atoms with Gasteiger partial charge in [0.05, 0.1) is 32.6 Å². The Morgan fingerprint density at radius 1 is 0.375 bits per heavy atom. The van der Waals surface area contributed by atoms with E-state index in [1.807, 2.05) is 24.3 Å². The van der Waals surface area contributed by atoms with Crippen LogP contribution in [0.15, 0.2) is 194 Å². The van der Waals surface area contributed by atoms with Gasteiger partial charge in [-0.05, 0) is 64.4 Å². The predicted octanol–water partition coefficient (Wildman–Crippen LogP) is 13.7. The van der Waals surface area contributed by atoms with E-state index in [9.17, 15) is 0 Å². The minimum absolute atomic E-state index is 0.711. The molecule has 0 aliphatic heterocycles. The van der Waals surface area contributed by atoms with Crippen LogP contribution in [-0.2, 0) is 0 Å². The zero-order valence-electron chi connectivity index (χ0n) is 30.2. The smallest absolute Gasteiger partial charge is 0.160 e. The first-order valence-corrected chi connectivity index (χ1v) is 19.6. The predicted molar refractivity (Wildman–Crippen MR) is 234 cm³/mol. The van der Waals surface area contributed by atoms with E-state index in [4.69, 9.17) is 15.0 Å². The molecule has 0 spiro atoms. The largest absolute Gasteiger partial charge is 0.309 e. The van der Waals surface area contributed by atoms with E-state index in [1.165, 1.54) is 37.5 Å². The quantitative estimate of drug-likeness (QED) is 0.171. The summed E-state index contributed by atoms with van der Waals surface area (Å²) in [6.07, 6.45) is 0. The monoisotopic (exact) mass is 732 g/mol. The van der Waals surface area contributed by atoms with Gasteiger partial charge in [-0.2, -0.15) is 0 Å². The molecule has 0 aliphatic rings.